The summed E-state index contributed by atoms with van der Waals surface area (Å²) in [6.45, 7) is 9.15. The molecular weight excluding hydrogens is 326 g/mol. The molecule has 0 unspecified atom stereocenters. The standard InChI is InChI=1S/C16H23N5O2S/c1-16(2,3)23-15(22)21-6-4-20(5-7-21)11-12-8-13(18-19-17)10-14(24)9-12/h8-10,24H,4-7,11H2,1-3H3. The Morgan fingerprint density at radius 1 is 1.29 bits per heavy atom. The van der Waals surface area contributed by atoms with Gasteiger partial charge < -0.3 is 9.64 Å². The number of rotatable bonds is 3. The minimum Gasteiger partial charge on any atom is -0.444 e. The zero-order chi connectivity index (χ0) is 17.7. The lowest BCUT2D eigenvalue weighted by atomic mass is 10.1. The third-order valence-electron chi connectivity index (χ3n) is 3.55. The van der Waals surface area contributed by atoms with E-state index in [0.717, 1.165) is 30.1 Å². The molecule has 1 amide bonds. The van der Waals surface area contributed by atoms with Crippen LogP contribution in [0, 0.1) is 0 Å². The number of ether oxygens (including phenoxy) is 1. The molecule has 0 bridgehead atoms. The van der Waals surface area contributed by atoms with Crippen LogP contribution in [-0.2, 0) is 11.3 Å². The molecule has 7 nitrogen and oxygen atoms in total. The summed E-state index contributed by atoms with van der Waals surface area (Å²) in [5.41, 5.74) is 9.68. The first-order valence-electron chi connectivity index (χ1n) is 7.85. The van der Waals surface area contributed by atoms with Crippen molar-refractivity contribution < 1.29 is 9.53 Å². The Morgan fingerprint density at radius 2 is 1.96 bits per heavy atom. The minimum absolute atomic E-state index is 0.259. The van der Waals surface area contributed by atoms with Crippen molar-refractivity contribution in [1.29, 1.82) is 0 Å². The van der Waals surface area contributed by atoms with Gasteiger partial charge in [0.2, 0.25) is 0 Å². The van der Waals surface area contributed by atoms with E-state index in [1.54, 1.807) is 11.0 Å². The first-order chi connectivity index (χ1) is 11.3. The second-order valence-electron chi connectivity index (χ2n) is 6.79. The van der Waals surface area contributed by atoms with Gasteiger partial charge in [-0.05, 0) is 50.1 Å². The van der Waals surface area contributed by atoms with E-state index in [0.29, 0.717) is 18.8 Å². The molecule has 1 aliphatic rings. The van der Waals surface area contributed by atoms with E-state index in [9.17, 15) is 4.79 Å². The molecule has 1 aliphatic heterocycles. The Bertz CT molecular complexity index is 644. The summed E-state index contributed by atoms with van der Waals surface area (Å²) in [6, 6.07) is 5.55. The van der Waals surface area contributed by atoms with E-state index in [1.165, 1.54) is 0 Å². The number of amides is 1. The van der Waals surface area contributed by atoms with E-state index in [2.05, 4.69) is 27.6 Å². The molecule has 8 heteroatoms. The van der Waals surface area contributed by atoms with Crippen LogP contribution >= 0.6 is 12.6 Å². The molecule has 0 spiro atoms. The number of carbonyl (C=O) groups excluding carboxylic acids is 1. The van der Waals surface area contributed by atoms with Gasteiger partial charge in [0.1, 0.15) is 5.60 Å². The predicted octanol–water partition coefficient (Wildman–Crippen LogP) is 3.97. The van der Waals surface area contributed by atoms with E-state index in [-0.39, 0.29) is 6.09 Å². The van der Waals surface area contributed by atoms with Crippen LogP contribution in [0.2, 0.25) is 0 Å². The predicted molar refractivity (Wildman–Crippen MR) is 95.6 cm³/mol. The molecule has 1 aromatic rings. The third-order valence-corrected chi connectivity index (χ3v) is 3.81. The van der Waals surface area contributed by atoms with E-state index < -0.39 is 5.60 Å². The van der Waals surface area contributed by atoms with Crippen molar-refractivity contribution in [2.45, 2.75) is 37.8 Å². The van der Waals surface area contributed by atoms with Crippen molar-refractivity contribution in [3.05, 3.63) is 34.2 Å². The lowest BCUT2D eigenvalue weighted by molar-refractivity contribution is 0.0139. The van der Waals surface area contributed by atoms with Crippen LogP contribution in [0.5, 0.6) is 0 Å². The van der Waals surface area contributed by atoms with Crippen molar-refractivity contribution in [1.82, 2.24) is 9.80 Å². The summed E-state index contributed by atoms with van der Waals surface area (Å²) in [6.07, 6.45) is -0.259. The van der Waals surface area contributed by atoms with Crippen LogP contribution < -0.4 is 0 Å². The molecule has 0 radical (unpaired) electrons. The van der Waals surface area contributed by atoms with Crippen molar-refractivity contribution in [2.24, 2.45) is 5.11 Å². The number of hydrogen-bond acceptors (Lipinski definition) is 5. The van der Waals surface area contributed by atoms with Gasteiger partial charge in [0.15, 0.2) is 0 Å². The molecule has 1 aromatic carbocycles. The van der Waals surface area contributed by atoms with Crippen LogP contribution in [0.15, 0.2) is 28.2 Å². The summed E-state index contributed by atoms with van der Waals surface area (Å²) in [5.74, 6) is 0. The second kappa shape index (κ2) is 7.79. The largest absolute Gasteiger partial charge is 0.444 e. The normalized spacial score (nSPS) is 15.8. The fraction of sp³-hybridized carbons (Fsp3) is 0.562. The summed E-state index contributed by atoms with van der Waals surface area (Å²) in [4.78, 5) is 19.6. The molecule has 1 fully saturated rings. The number of carbonyl (C=O) groups is 1. The summed E-state index contributed by atoms with van der Waals surface area (Å²) >= 11 is 4.34. The van der Waals surface area contributed by atoms with Gasteiger partial charge in [0.05, 0.1) is 0 Å². The van der Waals surface area contributed by atoms with Crippen LogP contribution in [0.3, 0.4) is 0 Å². The molecule has 1 saturated heterocycles. The molecule has 0 atom stereocenters. The SMILES string of the molecule is CC(C)(C)OC(=O)N1CCN(Cc2cc(S)cc(N=[N+]=[N-])c2)CC1. The number of piperazine rings is 1. The van der Waals surface area contributed by atoms with Crippen LogP contribution in [0.4, 0.5) is 10.5 Å². The molecule has 24 heavy (non-hydrogen) atoms. The first kappa shape index (κ1) is 18.4. The fourth-order valence-corrected chi connectivity index (χ4v) is 2.83. The summed E-state index contributed by atoms with van der Waals surface area (Å²) in [7, 11) is 0. The van der Waals surface area contributed by atoms with E-state index in [1.807, 2.05) is 32.9 Å². The van der Waals surface area contributed by atoms with Gasteiger partial charge in [-0.1, -0.05) is 5.11 Å². The number of azide groups is 1. The zero-order valence-electron chi connectivity index (χ0n) is 14.3. The zero-order valence-corrected chi connectivity index (χ0v) is 15.2. The fourth-order valence-electron chi connectivity index (χ4n) is 2.53. The lowest BCUT2D eigenvalue weighted by Crippen LogP contribution is -2.49. The van der Waals surface area contributed by atoms with Gasteiger partial charge >= 0.3 is 6.09 Å². The highest BCUT2D eigenvalue weighted by molar-refractivity contribution is 7.80. The molecule has 0 aliphatic carbocycles. The van der Waals surface area contributed by atoms with Gasteiger partial charge in [0.25, 0.3) is 0 Å². The number of hydrogen-bond donors (Lipinski definition) is 1. The highest BCUT2D eigenvalue weighted by Crippen LogP contribution is 2.22. The smallest absolute Gasteiger partial charge is 0.410 e. The molecule has 2 rings (SSSR count). The van der Waals surface area contributed by atoms with Crippen LogP contribution in [0.25, 0.3) is 10.4 Å². The van der Waals surface area contributed by atoms with Gasteiger partial charge in [-0.2, -0.15) is 0 Å². The Hall–Kier alpha value is -1.89. The maximum Gasteiger partial charge on any atom is 0.410 e. The molecule has 130 valence electrons. The highest BCUT2D eigenvalue weighted by Gasteiger charge is 2.25. The Balaban J connectivity index is 1.91. The third kappa shape index (κ3) is 5.63. The van der Waals surface area contributed by atoms with Gasteiger partial charge in [-0.3, -0.25) is 4.90 Å². The average Bonchev–Trinajstić information content (AvgIpc) is 2.46. The van der Waals surface area contributed by atoms with E-state index in [4.69, 9.17) is 10.3 Å². The first-order valence-corrected chi connectivity index (χ1v) is 8.30. The topological polar surface area (TPSA) is 81.5 Å². The van der Waals surface area contributed by atoms with Crippen molar-refractivity contribution in [2.75, 3.05) is 26.2 Å². The molecular formula is C16H23N5O2S. The van der Waals surface area contributed by atoms with Crippen molar-refractivity contribution in [3.8, 4) is 0 Å². The maximum absolute atomic E-state index is 12.1. The highest BCUT2D eigenvalue weighted by atomic mass is 32.1. The Morgan fingerprint density at radius 3 is 2.54 bits per heavy atom. The van der Waals surface area contributed by atoms with E-state index >= 15 is 0 Å². The monoisotopic (exact) mass is 349 g/mol. The Kier molecular flexibility index (Phi) is 5.99. The molecule has 0 N–H and O–H groups in total. The second-order valence-corrected chi connectivity index (χ2v) is 7.31. The molecule has 1 heterocycles. The molecule has 0 aromatic heterocycles. The Labute approximate surface area is 147 Å². The molecule has 0 saturated carbocycles. The number of nitrogens with zero attached hydrogens (tertiary/aromatic N) is 5. The minimum atomic E-state index is -0.473. The number of thiol groups is 1. The summed E-state index contributed by atoms with van der Waals surface area (Å²) < 4.78 is 5.40. The lowest BCUT2D eigenvalue weighted by Gasteiger charge is -2.35. The number of benzene rings is 1. The maximum atomic E-state index is 12.1. The van der Waals surface area contributed by atoms with Gasteiger partial charge in [0, 0.05) is 48.2 Å². The average molecular weight is 349 g/mol. The van der Waals surface area contributed by atoms with Gasteiger partial charge in [-0.15, -0.1) is 12.6 Å². The van der Waals surface area contributed by atoms with Crippen molar-refractivity contribution in [3.63, 3.8) is 0 Å². The van der Waals surface area contributed by atoms with Crippen molar-refractivity contribution >= 4 is 24.4 Å². The van der Waals surface area contributed by atoms with Crippen LogP contribution in [0.1, 0.15) is 26.3 Å². The van der Waals surface area contributed by atoms with Gasteiger partial charge in [-0.25, -0.2) is 4.79 Å². The van der Waals surface area contributed by atoms with Crippen LogP contribution in [-0.4, -0.2) is 47.7 Å². The quantitative estimate of drug-likeness (QED) is 0.388. The summed E-state index contributed by atoms with van der Waals surface area (Å²) in [5, 5.41) is 3.63.